The minimum Gasteiger partial charge on any atom is -0.368 e. The summed E-state index contributed by atoms with van der Waals surface area (Å²) in [6.45, 7) is 2.20. The number of nitrogens with zero attached hydrogens (tertiary/aromatic N) is 4. The lowest BCUT2D eigenvalue weighted by Crippen LogP contribution is -2.52. The minimum atomic E-state index is -0.850. The SMILES string of the molecule is Nn1c(=O)c([N+](=O)[O-])c(N2CCN(C(=O)C3CCCO3)CC2)c2ccccc21. The van der Waals surface area contributed by atoms with Gasteiger partial charge in [0.25, 0.3) is 5.91 Å². The molecule has 0 bridgehead atoms. The Bertz CT molecular complexity index is 990. The molecule has 2 saturated heterocycles. The lowest BCUT2D eigenvalue weighted by atomic mass is 10.1. The van der Waals surface area contributed by atoms with Gasteiger partial charge in [0, 0.05) is 38.2 Å². The van der Waals surface area contributed by atoms with E-state index in [2.05, 4.69) is 0 Å². The van der Waals surface area contributed by atoms with Crippen LogP contribution in [0.1, 0.15) is 12.8 Å². The summed E-state index contributed by atoms with van der Waals surface area (Å²) in [7, 11) is 0. The quantitative estimate of drug-likeness (QED) is 0.461. The normalized spacial score (nSPS) is 19.9. The second kappa shape index (κ2) is 7.12. The van der Waals surface area contributed by atoms with Crippen molar-refractivity contribution in [3.05, 3.63) is 44.7 Å². The molecular formula is C18H21N5O5. The number of rotatable bonds is 3. The minimum absolute atomic E-state index is 0.0334. The first-order valence-electron chi connectivity index (χ1n) is 9.21. The number of para-hydroxylation sites is 1. The van der Waals surface area contributed by atoms with Crippen LogP contribution in [0.3, 0.4) is 0 Å². The van der Waals surface area contributed by atoms with Crippen LogP contribution in [0.15, 0.2) is 29.1 Å². The molecule has 2 N–H and O–H groups in total. The fraction of sp³-hybridized carbons (Fsp3) is 0.444. The number of ether oxygens (including phenoxy) is 1. The maximum atomic E-state index is 12.5. The number of carbonyl (C=O) groups is 1. The summed E-state index contributed by atoms with van der Waals surface area (Å²) < 4.78 is 6.28. The van der Waals surface area contributed by atoms with Gasteiger partial charge in [-0.25, -0.2) is 4.68 Å². The molecule has 2 aliphatic rings. The van der Waals surface area contributed by atoms with Crippen molar-refractivity contribution in [3.8, 4) is 0 Å². The number of fused-ring (bicyclic) bond motifs is 1. The average molecular weight is 387 g/mol. The zero-order valence-electron chi connectivity index (χ0n) is 15.2. The third-order valence-electron chi connectivity index (χ3n) is 5.36. The number of nitro groups is 1. The summed E-state index contributed by atoms with van der Waals surface area (Å²) in [5.74, 6) is 5.77. The standard InChI is InChI=1S/C18H21N5O5/c19-22-13-5-2-1-4-12(13)15(16(18(22)25)23(26)27)20-7-9-21(10-8-20)17(24)14-6-3-11-28-14/h1-2,4-5,14H,3,6-11,19H2. The fourth-order valence-corrected chi connectivity index (χ4v) is 3.95. The van der Waals surface area contributed by atoms with Crippen LogP contribution in [0.25, 0.3) is 10.9 Å². The van der Waals surface area contributed by atoms with E-state index in [1.165, 1.54) is 0 Å². The molecule has 2 aliphatic heterocycles. The van der Waals surface area contributed by atoms with Crippen LogP contribution >= 0.6 is 0 Å². The van der Waals surface area contributed by atoms with Gasteiger partial charge in [0.1, 0.15) is 11.8 Å². The summed E-state index contributed by atoms with van der Waals surface area (Å²) in [5, 5.41) is 12.2. The summed E-state index contributed by atoms with van der Waals surface area (Å²) in [5.41, 5.74) is -0.709. The smallest absolute Gasteiger partial charge is 0.359 e. The van der Waals surface area contributed by atoms with E-state index in [1.807, 2.05) is 0 Å². The maximum absolute atomic E-state index is 12.5. The summed E-state index contributed by atoms with van der Waals surface area (Å²) in [6.07, 6.45) is 1.22. The number of hydrogen-bond donors (Lipinski definition) is 1. The van der Waals surface area contributed by atoms with E-state index < -0.39 is 16.2 Å². The second-order valence-corrected chi connectivity index (χ2v) is 6.96. The Labute approximate surface area is 160 Å². The molecule has 0 saturated carbocycles. The highest BCUT2D eigenvalue weighted by Crippen LogP contribution is 2.33. The van der Waals surface area contributed by atoms with Gasteiger partial charge in [-0.2, -0.15) is 0 Å². The van der Waals surface area contributed by atoms with E-state index in [1.54, 1.807) is 34.1 Å². The van der Waals surface area contributed by atoms with Crippen molar-refractivity contribution in [3.63, 3.8) is 0 Å². The Balaban J connectivity index is 1.67. The molecule has 10 nitrogen and oxygen atoms in total. The summed E-state index contributed by atoms with van der Waals surface area (Å²) >= 11 is 0. The molecule has 1 atom stereocenters. The molecule has 4 rings (SSSR count). The second-order valence-electron chi connectivity index (χ2n) is 6.96. The van der Waals surface area contributed by atoms with E-state index in [4.69, 9.17) is 10.6 Å². The molecule has 2 fully saturated rings. The molecule has 3 heterocycles. The highest BCUT2D eigenvalue weighted by molar-refractivity contribution is 5.97. The number of hydrogen-bond acceptors (Lipinski definition) is 7. The van der Waals surface area contributed by atoms with Crippen molar-refractivity contribution in [1.29, 1.82) is 0 Å². The third kappa shape index (κ3) is 2.95. The highest BCUT2D eigenvalue weighted by atomic mass is 16.6. The number of anilines is 1. The van der Waals surface area contributed by atoms with Gasteiger partial charge in [-0.15, -0.1) is 0 Å². The molecule has 148 valence electrons. The van der Waals surface area contributed by atoms with E-state index in [0.29, 0.717) is 43.7 Å². The Morgan fingerprint density at radius 2 is 1.93 bits per heavy atom. The van der Waals surface area contributed by atoms with E-state index in [0.717, 1.165) is 17.5 Å². The van der Waals surface area contributed by atoms with Gasteiger partial charge < -0.3 is 20.4 Å². The number of piperazine rings is 1. The fourth-order valence-electron chi connectivity index (χ4n) is 3.95. The summed E-state index contributed by atoms with van der Waals surface area (Å²) in [6, 6.07) is 6.84. The molecule has 0 spiro atoms. The molecule has 1 aromatic heterocycles. The van der Waals surface area contributed by atoms with Crippen LogP contribution in [-0.2, 0) is 9.53 Å². The molecule has 28 heavy (non-hydrogen) atoms. The van der Waals surface area contributed by atoms with Crippen LogP contribution in [0.5, 0.6) is 0 Å². The third-order valence-corrected chi connectivity index (χ3v) is 5.36. The number of pyridine rings is 1. The molecule has 1 aromatic carbocycles. The van der Waals surface area contributed by atoms with Crippen LogP contribution < -0.4 is 16.3 Å². The van der Waals surface area contributed by atoms with Crippen molar-refractivity contribution in [2.45, 2.75) is 18.9 Å². The number of carbonyl (C=O) groups excluding carboxylic acids is 1. The van der Waals surface area contributed by atoms with Crippen molar-refractivity contribution >= 4 is 28.2 Å². The van der Waals surface area contributed by atoms with Crippen molar-refractivity contribution < 1.29 is 14.5 Å². The maximum Gasteiger partial charge on any atom is 0.359 e. The number of nitrogens with two attached hydrogens (primary N) is 1. The number of aromatic nitrogens is 1. The van der Waals surface area contributed by atoms with Crippen molar-refractivity contribution in [2.24, 2.45) is 0 Å². The lowest BCUT2D eigenvalue weighted by molar-refractivity contribution is -0.385. The molecule has 0 radical (unpaired) electrons. The Kier molecular flexibility index (Phi) is 4.63. The number of amides is 1. The van der Waals surface area contributed by atoms with Gasteiger partial charge in [0.2, 0.25) is 0 Å². The summed E-state index contributed by atoms with van der Waals surface area (Å²) in [4.78, 5) is 39.6. The molecule has 0 aliphatic carbocycles. The molecule has 1 unspecified atom stereocenters. The Morgan fingerprint density at radius 1 is 1.21 bits per heavy atom. The first kappa shape index (κ1) is 18.2. The van der Waals surface area contributed by atoms with Gasteiger partial charge in [0.15, 0.2) is 0 Å². The molecule has 10 heteroatoms. The predicted molar refractivity (Wildman–Crippen MR) is 103 cm³/mol. The van der Waals surface area contributed by atoms with E-state index >= 15 is 0 Å². The molecule has 1 amide bonds. The van der Waals surface area contributed by atoms with Crippen LogP contribution in [0, 0.1) is 10.1 Å². The highest BCUT2D eigenvalue weighted by Gasteiger charge is 2.34. The van der Waals surface area contributed by atoms with E-state index in [9.17, 15) is 19.7 Å². The van der Waals surface area contributed by atoms with Gasteiger partial charge >= 0.3 is 11.2 Å². The first-order valence-corrected chi connectivity index (χ1v) is 9.21. The molecular weight excluding hydrogens is 366 g/mol. The van der Waals surface area contributed by atoms with Gasteiger partial charge in [0.05, 0.1) is 10.4 Å². The van der Waals surface area contributed by atoms with E-state index in [-0.39, 0.29) is 17.7 Å². The number of benzene rings is 1. The predicted octanol–water partition coefficient (Wildman–Crippen LogP) is 0.451. The van der Waals surface area contributed by atoms with Gasteiger partial charge in [-0.3, -0.25) is 19.7 Å². The van der Waals surface area contributed by atoms with Crippen molar-refractivity contribution in [1.82, 2.24) is 9.58 Å². The molecule has 2 aromatic rings. The Hall–Kier alpha value is -3.14. The van der Waals surface area contributed by atoms with Crippen LogP contribution in [-0.4, -0.2) is 59.3 Å². The zero-order chi connectivity index (χ0) is 19.8. The largest absolute Gasteiger partial charge is 0.368 e. The Morgan fingerprint density at radius 3 is 2.57 bits per heavy atom. The lowest BCUT2D eigenvalue weighted by Gasteiger charge is -2.37. The topological polar surface area (TPSA) is 124 Å². The monoisotopic (exact) mass is 387 g/mol. The van der Waals surface area contributed by atoms with Crippen LogP contribution in [0.2, 0.25) is 0 Å². The average Bonchev–Trinajstić information content (AvgIpc) is 3.25. The van der Waals surface area contributed by atoms with Crippen molar-refractivity contribution in [2.75, 3.05) is 43.5 Å². The van der Waals surface area contributed by atoms with Crippen LogP contribution in [0.4, 0.5) is 11.4 Å². The van der Waals surface area contributed by atoms with Gasteiger partial charge in [-0.1, -0.05) is 18.2 Å². The number of nitrogen functional groups attached to an aromatic ring is 1. The van der Waals surface area contributed by atoms with Gasteiger partial charge in [-0.05, 0) is 18.9 Å². The first-order chi connectivity index (χ1) is 13.5. The zero-order valence-corrected chi connectivity index (χ0v) is 15.2.